The summed E-state index contributed by atoms with van der Waals surface area (Å²) in [6.45, 7) is 0.416. The molecule has 0 saturated heterocycles. The van der Waals surface area contributed by atoms with E-state index in [1.165, 1.54) is 23.4 Å². The predicted molar refractivity (Wildman–Crippen MR) is 96.5 cm³/mol. The molecule has 1 atom stereocenters. The molecule has 3 aromatic rings. The van der Waals surface area contributed by atoms with E-state index in [1.807, 2.05) is 6.07 Å². The van der Waals surface area contributed by atoms with Gasteiger partial charge >= 0.3 is 5.97 Å². The zero-order valence-electron chi connectivity index (χ0n) is 14.3. The molecule has 5 heteroatoms. The molecule has 25 heavy (non-hydrogen) atoms. The molecule has 0 saturated carbocycles. The number of imidazole rings is 1. The van der Waals surface area contributed by atoms with Crippen LogP contribution in [0.5, 0.6) is 0 Å². The van der Waals surface area contributed by atoms with Gasteiger partial charge in [-0.05, 0) is 35.6 Å². The first-order valence-electron chi connectivity index (χ1n) is 8.42. The molecule has 0 aliphatic rings. The number of aliphatic hydroxyl groups excluding tert-OH is 1. The minimum absolute atomic E-state index is 0.255. The number of carbonyl (C=O) groups excluding carboxylic acids is 1. The highest BCUT2D eigenvalue weighted by Crippen LogP contribution is 2.20. The number of esters is 1. The summed E-state index contributed by atoms with van der Waals surface area (Å²) < 4.78 is 6.34. The van der Waals surface area contributed by atoms with Crippen LogP contribution in [0.2, 0.25) is 0 Å². The van der Waals surface area contributed by atoms with E-state index in [1.54, 1.807) is 17.1 Å². The van der Waals surface area contributed by atoms with Gasteiger partial charge in [-0.2, -0.15) is 0 Å². The van der Waals surface area contributed by atoms with Crippen molar-refractivity contribution < 1.29 is 14.6 Å². The van der Waals surface area contributed by atoms with Gasteiger partial charge in [0, 0.05) is 12.7 Å². The highest BCUT2D eigenvalue weighted by atomic mass is 16.5. The van der Waals surface area contributed by atoms with Crippen molar-refractivity contribution in [3.63, 3.8) is 0 Å². The quantitative estimate of drug-likeness (QED) is 0.672. The van der Waals surface area contributed by atoms with Crippen molar-refractivity contribution in [1.82, 2.24) is 9.55 Å². The maximum atomic E-state index is 11.4. The smallest absolute Gasteiger partial charge is 0.358 e. The van der Waals surface area contributed by atoms with E-state index in [-0.39, 0.29) is 5.69 Å². The van der Waals surface area contributed by atoms with Crippen molar-refractivity contribution in [3.8, 4) is 0 Å². The van der Waals surface area contributed by atoms with E-state index in [0.717, 1.165) is 12.8 Å². The molecular weight excluding hydrogens is 316 g/mol. The molecule has 3 rings (SSSR count). The monoisotopic (exact) mass is 338 g/mol. The zero-order chi connectivity index (χ0) is 17.6. The van der Waals surface area contributed by atoms with Crippen molar-refractivity contribution in [1.29, 1.82) is 0 Å². The zero-order valence-corrected chi connectivity index (χ0v) is 14.3. The average Bonchev–Trinajstić information content (AvgIpc) is 3.09. The first kappa shape index (κ1) is 17.2. The van der Waals surface area contributed by atoms with Crippen molar-refractivity contribution in [2.24, 2.45) is 0 Å². The Bertz CT molecular complexity index is 852. The summed E-state index contributed by atoms with van der Waals surface area (Å²) in [6, 6.07) is 14.7. The molecule has 1 N–H and O–H groups in total. The van der Waals surface area contributed by atoms with Gasteiger partial charge in [-0.3, -0.25) is 0 Å². The standard InChI is InChI=1S/C20H22N2O3/c1-25-20(24)19-13-22(14-21-19)12-17(23)10-5-9-16-8-4-7-15-6-2-3-11-18(15)16/h2-4,6-8,11,13-14,17,23H,5,9-10,12H2,1H3. The largest absolute Gasteiger partial charge is 0.464 e. The van der Waals surface area contributed by atoms with Crippen LogP contribution in [0, 0.1) is 0 Å². The molecule has 0 aliphatic carbocycles. The minimum Gasteiger partial charge on any atom is -0.464 e. The summed E-state index contributed by atoms with van der Waals surface area (Å²) in [7, 11) is 1.32. The summed E-state index contributed by atoms with van der Waals surface area (Å²) in [4.78, 5) is 15.4. The van der Waals surface area contributed by atoms with E-state index >= 15 is 0 Å². The molecule has 130 valence electrons. The summed E-state index contributed by atoms with van der Waals surface area (Å²) in [5.74, 6) is -0.468. The fourth-order valence-electron chi connectivity index (χ4n) is 3.04. The molecule has 0 amide bonds. The van der Waals surface area contributed by atoms with Crippen LogP contribution in [0.15, 0.2) is 55.0 Å². The Morgan fingerprint density at radius 3 is 2.88 bits per heavy atom. The number of aryl methyl sites for hydroxylation is 1. The van der Waals surface area contributed by atoms with Crippen LogP contribution in [0.25, 0.3) is 10.8 Å². The molecule has 0 spiro atoms. The van der Waals surface area contributed by atoms with Gasteiger partial charge in [0.25, 0.3) is 0 Å². The number of nitrogens with zero attached hydrogens (tertiary/aromatic N) is 2. The SMILES string of the molecule is COC(=O)c1cn(CC(O)CCCc2cccc3ccccc23)cn1. The fraction of sp³-hybridized carbons (Fsp3) is 0.300. The second-order valence-electron chi connectivity index (χ2n) is 6.13. The summed E-state index contributed by atoms with van der Waals surface area (Å²) in [5.41, 5.74) is 1.56. The van der Waals surface area contributed by atoms with Crippen molar-refractivity contribution >= 4 is 16.7 Å². The Kier molecular flexibility index (Phi) is 5.46. The van der Waals surface area contributed by atoms with Crippen LogP contribution < -0.4 is 0 Å². The topological polar surface area (TPSA) is 64.3 Å². The maximum absolute atomic E-state index is 11.4. The highest BCUT2D eigenvalue weighted by Gasteiger charge is 2.11. The number of rotatable bonds is 7. The first-order valence-corrected chi connectivity index (χ1v) is 8.42. The molecule has 1 heterocycles. The van der Waals surface area contributed by atoms with Gasteiger partial charge < -0.3 is 14.4 Å². The van der Waals surface area contributed by atoms with Crippen LogP contribution in [-0.2, 0) is 17.7 Å². The normalized spacial score (nSPS) is 12.2. The van der Waals surface area contributed by atoms with Crippen LogP contribution in [0.1, 0.15) is 28.9 Å². The molecule has 0 fully saturated rings. The predicted octanol–water partition coefficient (Wildman–Crippen LogP) is 3.21. The van der Waals surface area contributed by atoms with Gasteiger partial charge in [0.2, 0.25) is 0 Å². The Balaban J connectivity index is 1.53. The number of ether oxygens (including phenoxy) is 1. The third-order valence-corrected chi connectivity index (χ3v) is 4.31. The van der Waals surface area contributed by atoms with Gasteiger partial charge in [0.15, 0.2) is 5.69 Å². The number of hydrogen-bond donors (Lipinski definition) is 1. The molecule has 0 radical (unpaired) electrons. The van der Waals surface area contributed by atoms with Crippen molar-refractivity contribution in [2.75, 3.05) is 7.11 Å². The van der Waals surface area contributed by atoms with Gasteiger partial charge in [0.05, 0.1) is 19.5 Å². The average molecular weight is 338 g/mol. The fourth-order valence-corrected chi connectivity index (χ4v) is 3.04. The van der Waals surface area contributed by atoms with Crippen LogP contribution >= 0.6 is 0 Å². The van der Waals surface area contributed by atoms with Gasteiger partial charge in [-0.25, -0.2) is 9.78 Å². The lowest BCUT2D eigenvalue weighted by molar-refractivity contribution is 0.0594. The van der Waals surface area contributed by atoms with Crippen molar-refractivity contribution in [2.45, 2.75) is 31.9 Å². The molecule has 5 nitrogen and oxygen atoms in total. The number of carbonyl (C=O) groups is 1. The third-order valence-electron chi connectivity index (χ3n) is 4.31. The van der Waals surface area contributed by atoms with E-state index in [0.29, 0.717) is 13.0 Å². The van der Waals surface area contributed by atoms with Gasteiger partial charge in [-0.15, -0.1) is 0 Å². The lowest BCUT2D eigenvalue weighted by atomic mass is 9.99. The molecule has 2 aromatic carbocycles. The maximum Gasteiger partial charge on any atom is 0.358 e. The first-order chi connectivity index (χ1) is 12.2. The number of fused-ring (bicyclic) bond motifs is 1. The van der Waals surface area contributed by atoms with Crippen molar-refractivity contribution in [3.05, 3.63) is 66.2 Å². The van der Waals surface area contributed by atoms with E-state index in [9.17, 15) is 9.90 Å². The third kappa shape index (κ3) is 4.25. The van der Waals surface area contributed by atoms with Crippen LogP contribution in [-0.4, -0.2) is 33.8 Å². The Morgan fingerprint density at radius 1 is 1.24 bits per heavy atom. The molecule has 1 aromatic heterocycles. The Hall–Kier alpha value is -2.66. The highest BCUT2D eigenvalue weighted by molar-refractivity contribution is 5.86. The minimum atomic E-state index is -0.477. The van der Waals surface area contributed by atoms with E-state index in [2.05, 4.69) is 46.1 Å². The second kappa shape index (κ2) is 7.94. The number of aliphatic hydroxyl groups is 1. The number of aromatic nitrogens is 2. The second-order valence-corrected chi connectivity index (χ2v) is 6.13. The summed E-state index contributed by atoms with van der Waals surface area (Å²) in [6.07, 6.45) is 5.17. The molecule has 0 aliphatic heterocycles. The lowest BCUT2D eigenvalue weighted by Gasteiger charge is -2.12. The molecule has 1 unspecified atom stereocenters. The van der Waals surface area contributed by atoms with Crippen LogP contribution in [0.4, 0.5) is 0 Å². The molecule has 0 bridgehead atoms. The number of hydrogen-bond acceptors (Lipinski definition) is 4. The number of methoxy groups -OCH3 is 1. The Labute approximate surface area is 146 Å². The molecular formula is C20H22N2O3. The summed E-state index contributed by atoms with van der Waals surface area (Å²) in [5, 5.41) is 12.8. The Morgan fingerprint density at radius 2 is 2.04 bits per heavy atom. The van der Waals surface area contributed by atoms with E-state index < -0.39 is 12.1 Å². The lowest BCUT2D eigenvalue weighted by Crippen LogP contribution is -2.15. The van der Waals surface area contributed by atoms with E-state index in [4.69, 9.17) is 0 Å². The number of benzene rings is 2. The summed E-state index contributed by atoms with van der Waals surface area (Å²) >= 11 is 0. The van der Waals surface area contributed by atoms with Gasteiger partial charge in [0.1, 0.15) is 0 Å². The van der Waals surface area contributed by atoms with Crippen LogP contribution in [0.3, 0.4) is 0 Å². The van der Waals surface area contributed by atoms with Gasteiger partial charge in [-0.1, -0.05) is 42.5 Å².